The average molecular weight is 337 g/mol. The van der Waals surface area contributed by atoms with Crippen LogP contribution in [0.25, 0.3) is 0 Å². The fourth-order valence-electron chi connectivity index (χ4n) is 2.56. The van der Waals surface area contributed by atoms with Crippen LogP contribution in [0.2, 0.25) is 0 Å². The summed E-state index contributed by atoms with van der Waals surface area (Å²) < 4.78 is 5.63. The van der Waals surface area contributed by atoms with Gasteiger partial charge in [0.25, 0.3) is 5.91 Å². The minimum Gasteiger partial charge on any atom is -0.480 e. The van der Waals surface area contributed by atoms with Crippen LogP contribution in [0.5, 0.6) is 0 Å². The smallest absolute Gasteiger partial charge is 0.316 e. The van der Waals surface area contributed by atoms with Crippen LogP contribution >= 0.6 is 11.8 Å². The van der Waals surface area contributed by atoms with E-state index in [2.05, 4.69) is 12.2 Å². The molecule has 1 aromatic carbocycles. The van der Waals surface area contributed by atoms with E-state index in [4.69, 9.17) is 9.84 Å². The lowest BCUT2D eigenvalue weighted by atomic mass is 10.0. The van der Waals surface area contributed by atoms with Gasteiger partial charge in [0.05, 0.1) is 11.7 Å². The van der Waals surface area contributed by atoms with Crippen LogP contribution in [-0.2, 0) is 9.53 Å². The molecule has 1 aromatic rings. The summed E-state index contributed by atoms with van der Waals surface area (Å²) in [4.78, 5) is 24.3. The highest BCUT2D eigenvalue weighted by Gasteiger charge is 2.24. The zero-order valence-corrected chi connectivity index (χ0v) is 14.3. The Hall–Kier alpha value is -1.53. The lowest BCUT2D eigenvalue weighted by Crippen LogP contribution is -2.42. The average Bonchev–Trinajstić information content (AvgIpc) is 2.55. The van der Waals surface area contributed by atoms with Gasteiger partial charge in [-0.25, -0.2) is 0 Å². The highest BCUT2D eigenvalue weighted by molar-refractivity contribution is 8.00. The molecule has 1 amide bonds. The molecular formula is C17H23NO4S. The maximum atomic E-state index is 12.6. The third kappa shape index (κ3) is 4.97. The van der Waals surface area contributed by atoms with E-state index in [9.17, 15) is 9.59 Å². The van der Waals surface area contributed by atoms with Crippen molar-refractivity contribution >= 4 is 23.6 Å². The first kappa shape index (κ1) is 17.8. The number of ether oxygens (including phenoxy) is 1. The molecule has 3 atom stereocenters. The van der Waals surface area contributed by atoms with Crippen molar-refractivity contribution in [1.82, 2.24) is 5.32 Å². The predicted molar refractivity (Wildman–Crippen MR) is 89.9 cm³/mol. The fourth-order valence-corrected chi connectivity index (χ4v) is 3.48. The van der Waals surface area contributed by atoms with E-state index in [1.165, 1.54) is 11.8 Å². The molecule has 0 aromatic heterocycles. The van der Waals surface area contributed by atoms with Crippen molar-refractivity contribution in [2.45, 2.75) is 55.4 Å². The van der Waals surface area contributed by atoms with Crippen LogP contribution in [0.1, 0.15) is 43.5 Å². The maximum absolute atomic E-state index is 12.6. The Kier molecular flexibility index (Phi) is 6.47. The molecule has 1 fully saturated rings. The SMILES string of the molecule is CCC1CC(NC(=O)c2ccccc2SC(C)C(=O)O)CCO1. The van der Waals surface area contributed by atoms with Crippen LogP contribution in [0.15, 0.2) is 29.2 Å². The standard InChI is InChI=1S/C17H23NO4S/c1-3-13-10-12(8-9-22-13)18-16(19)14-6-4-5-7-15(14)23-11(2)17(20)21/h4-7,11-13H,3,8-10H2,1-2H3,(H,18,19)(H,20,21). The van der Waals surface area contributed by atoms with E-state index in [1.807, 2.05) is 6.07 Å². The Labute approximate surface area is 140 Å². The molecule has 1 aliphatic rings. The van der Waals surface area contributed by atoms with Gasteiger partial charge in [-0.3, -0.25) is 9.59 Å². The summed E-state index contributed by atoms with van der Waals surface area (Å²) in [6, 6.07) is 7.25. The van der Waals surface area contributed by atoms with Crippen LogP contribution < -0.4 is 5.32 Å². The number of carboxylic acid groups (broad SMARTS) is 1. The van der Waals surface area contributed by atoms with Crippen LogP contribution in [0, 0.1) is 0 Å². The lowest BCUT2D eigenvalue weighted by Gasteiger charge is -2.29. The summed E-state index contributed by atoms with van der Waals surface area (Å²) in [5.41, 5.74) is 0.533. The summed E-state index contributed by atoms with van der Waals surface area (Å²) in [5, 5.41) is 11.5. The molecule has 0 saturated carbocycles. The summed E-state index contributed by atoms with van der Waals surface area (Å²) in [5.74, 6) is -1.03. The Balaban J connectivity index is 2.05. The van der Waals surface area contributed by atoms with Gasteiger partial charge < -0.3 is 15.2 Å². The third-order valence-corrected chi connectivity index (χ3v) is 5.11. The largest absolute Gasteiger partial charge is 0.480 e. The van der Waals surface area contributed by atoms with E-state index in [1.54, 1.807) is 25.1 Å². The summed E-state index contributed by atoms with van der Waals surface area (Å²) in [6.07, 6.45) is 2.77. The Bertz CT molecular complexity index is 563. The Morgan fingerprint density at radius 2 is 2.17 bits per heavy atom. The van der Waals surface area contributed by atoms with Gasteiger partial charge >= 0.3 is 5.97 Å². The number of hydrogen-bond acceptors (Lipinski definition) is 4. The molecule has 0 bridgehead atoms. The molecule has 1 heterocycles. The third-order valence-electron chi connectivity index (χ3n) is 3.94. The molecule has 2 rings (SSSR count). The topological polar surface area (TPSA) is 75.6 Å². The number of hydrogen-bond donors (Lipinski definition) is 2. The van der Waals surface area contributed by atoms with Crippen LogP contribution in [0.3, 0.4) is 0 Å². The van der Waals surface area contributed by atoms with E-state index >= 15 is 0 Å². The first-order chi connectivity index (χ1) is 11.0. The van der Waals surface area contributed by atoms with Crippen molar-refractivity contribution < 1.29 is 19.4 Å². The lowest BCUT2D eigenvalue weighted by molar-refractivity contribution is -0.136. The van der Waals surface area contributed by atoms with E-state index < -0.39 is 11.2 Å². The number of thioether (sulfide) groups is 1. The van der Waals surface area contributed by atoms with Gasteiger partial charge in [0.15, 0.2) is 0 Å². The van der Waals surface area contributed by atoms with Crippen LogP contribution in [-0.4, -0.2) is 41.0 Å². The van der Waals surface area contributed by atoms with Gasteiger partial charge in [-0.2, -0.15) is 0 Å². The number of amides is 1. The zero-order valence-electron chi connectivity index (χ0n) is 13.5. The Morgan fingerprint density at radius 1 is 1.43 bits per heavy atom. The number of nitrogens with one attached hydrogen (secondary N) is 1. The molecule has 23 heavy (non-hydrogen) atoms. The minimum absolute atomic E-state index is 0.108. The van der Waals surface area contributed by atoms with E-state index in [0.29, 0.717) is 17.1 Å². The number of benzene rings is 1. The van der Waals surface area contributed by atoms with Crippen molar-refractivity contribution in [3.05, 3.63) is 29.8 Å². The molecule has 1 saturated heterocycles. The predicted octanol–water partition coefficient (Wildman–Crippen LogP) is 2.94. The monoisotopic (exact) mass is 337 g/mol. The quantitative estimate of drug-likeness (QED) is 0.781. The van der Waals surface area contributed by atoms with Gasteiger partial charge in [-0.15, -0.1) is 11.8 Å². The van der Waals surface area contributed by atoms with Crippen molar-refractivity contribution in [3.8, 4) is 0 Å². The normalized spacial score (nSPS) is 22.3. The molecule has 126 valence electrons. The summed E-state index contributed by atoms with van der Waals surface area (Å²) in [7, 11) is 0. The fraction of sp³-hybridized carbons (Fsp3) is 0.529. The summed E-state index contributed by atoms with van der Waals surface area (Å²) in [6.45, 7) is 4.36. The van der Waals surface area contributed by atoms with E-state index in [-0.39, 0.29) is 18.1 Å². The Morgan fingerprint density at radius 3 is 2.87 bits per heavy atom. The molecule has 5 nitrogen and oxygen atoms in total. The van der Waals surface area contributed by atoms with Gasteiger partial charge in [-0.05, 0) is 38.3 Å². The van der Waals surface area contributed by atoms with Crippen molar-refractivity contribution in [2.24, 2.45) is 0 Å². The molecule has 0 spiro atoms. The molecule has 1 aliphatic heterocycles. The second kappa shape index (κ2) is 8.36. The number of carbonyl (C=O) groups is 2. The van der Waals surface area contributed by atoms with Crippen LogP contribution in [0.4, 0.5) is 0 Å². The zero-order chi connectivity index (χ0) is 16.8. The second-order valence-corrected chi connectivity index (χ2v) is 7.07. The van der Waals surface area contributed by atoms with Gasteiger partial charge in [-0.1, -0.05) is 19.1 Å². The number of aliphatic carboxylic acids is 1. The first-order valence-electron chi connectivity index (χ1n) is 7.92. The van der Waals surface area contributed by atoms with Gasteiger partial charge in [0.2, 0.25) is 0 Å². The van der Waals surface area contributed by atoms with Gasteiger partial charge in [0, 0.05) is 17.5 Å². The molecule has 0 aliphatic carbocycles. The van der Waals surface area contributed by atoms with Gasteiger partial charge in [0.1, 0.15) is 5.25 Å². The number of carboxylic acids is 1. The highest BCUT2D eigenvalue weighted by atomic mass is 32.2. The summed E-state index contributed by atoms with van der Waals surface area (Å²) >= 11 is 1.19. The molecule has 0 radical (unpaired) electrons. The number of carbonyl (C=O) groups excluding carboxylic acids is 1. The number of rotatable bonds is 6. The maximum Gasteiger partial charge on any atom is 0.316 e. The molecule has 6 heteroatoms. The van der Waals surface area contributed by atoms with Crippen molar-refractivity contribution in [3.63, 3.8) is 0 Å². The van der Waals surface area contributed by atoms with E-state index in [0.717, 1.165) is 19.3 Å². The van der Waals surface area contributed by atoms with Crippen molar-refractivity contribution in [1.29, 1.82) is 0 Å². The second-order valence-electron chi connectivity index (χ2n) is 5.69. The molecular weight excluding hydrogens is 314 g/mol. The molecule has 2 N–H and O–H groups in total. The highest BCUT2D eigenvalue weighted by Crippen LogP contribution is 2.27. The minimum atomic E-state index is -0.888. The molecule has 3 unspecified atom stereocenters. The first-order valence-corrected chi connectivity index (χ1v) is 8.80. The van der Waals surface area contributed by atoms with Crippen molar-refractivity contribution in [2.75, 3.05) is 6.61 Å².